The van der Waals surface area contributed by atoms with Gasteiger partial charge in [-0.25, -0.2) is 13.4 Å². The number of amides is 1. The van der Waals surface area contributed by atoms with Gasteiger partial charge in [-0.1, -0.05) is 37.3 Å². The number of benzene rings is 2. The van der Waals surface area contributed by atoms with Gasteiger partial charge in [0.1, 0.15) is 0 Å². The fourth-order valence-electron chi connectivity index (χ4n) is 4.21. The molecule has 31 heavy (non-hydrogen) atoms. The molecule has 2 atom stereocenters. The second-order valence-corrected chi connectivity index (χ2v) is 11.6. The molecule has 1 saturated heterocycles. The minimum Gasteiger partial charge on any atom is -0.298 e. The van der Waals surface area contributed by atoms with E-state index in [1.54, 1.807) is 16.4 Å². The summed E-state index contributed by atoms with van der Waals surface area (Å²) in [4.78, 5) is 17.5. The highest BCUT2D eigenvalue weighted by Crippen LogP contribution is 2.31. The Bertz CT molecular complexity index is 1180. The van der Waals surface area contributed by atoms with Crippen molar-refractivity contribution in [2.24, 2.45) is 11.8 Å². The topological polar surface area (TPSA) is 79.4 Å². The van der Waals surface area contributed by atoms with Crippen LogP contribution in [0.3, 0.4) is 0 Å². The molecule has 1 aliphatic rings. The number of sulfonamides is 1. The van der Waals surface area contributed by atoms with Crippen molar-refractivity contribution in [3.8, 4) is 0 Å². The van der Waals surface area contributed by atoms with E-state index in [0.717, 1.165) is 27.8 Å². The molecule has 3 aromatic rings. The lowest BCUT2D eigenvalue weighted by Gasteiger charge is -2.34. The molecular weight excluding hydrogens is 430 g/mol. The Morgan fingerprint density at radius 2 is 1.65 bits per heavy atom. The molecule has 6 nitrogen and oxygen atoms in total. The van der Waals surface area contributed by atoms with Gasteiger partial charge < -0.3 is 0 Å². The van der Waals surface area contributed by atoms with E-state index in [1.807, 2.05) is 26.0 Å². The number of nitrogens with zero attached hydrogens (tertiary/aromatic N) is 2. The summed E-state index contributed by atoms with van der Waals surface area (Å²) in [6, 6.07) is 10.2. The van der Waals surface area contributed by atoms with Crippen LogP contribution in [0, 0.1) is 25.7 Å². The van der Waals surface area contributed by atoms with Crippen LogP contribution in [0.15, 0.2) is 41.3 Å². The molecule has 1 aliphatic heterocycles. The van der Waals surface area contributed by atoms with Crippen LogP contribution >= 0.6 is 11.3 Å². The third-order valence-corrected chi connectivity index (χ3v) is 8.70. The van der Waals surface area contributed by atoms with Crippen molar-refractivity contribution in [3.63, 3.8) is 0 Å². The lowest BCUT2D eigenvalue weighted by molar-refractivity contribution is 0.102. The minimum absolute atomic E-state index is 0.219. The second-order valence-electron chi connectivity index (χ2n) is 8.64. The Morgan fingerprint density at radius 1 is 1.03 bits per heavy atom. The largest absolute Gasteiger partial charge is 0.298 e. The van der Waals surface area contributed by atoms with Gasteiger partial charge in [-0.3, -0.25) is 10.1 Å². The number of nitrogens with one attached hydrogen (secondary N) is 1. The van der Waals surface area contributed by atoms with Crippen LogP contribution in [-0.4, -0.2) is 36.7 Å². The number of hydrogen-bond donors (Lipinski definition) is 1. The Balaban J connectivity index is 1.52. The van der Waals surface area contributed by atoms with Crippen LogP contribution in [0.25, 0.3) is 10.2 Å². The number of aromatic nitrogens is 1. The number of rotatable bonds is 4. The van der Waals surface area contributed by atoms with Crippen molar-refractivity contribution >= 4 is 42.6 Å². The molecule has 8 heteroatoms. The van der Waals surface area contributed by atoms with E-state index >= 15 is 0 Å². The van der Waals surface area contributed by atoms with Gasteiger partial charge in [-0.2, -0.15) is 4.31 Å². The zero-order chi connectivity index (χ0) is 22.3. The van der Waals surface area contributed by atoms with Crippen molar-refractivity contribution in [2.75, 3.05) is 18.4 Å². The van der Waals surface area contributed by atoms with Gasteiger partial charge in [-0.05, 0) is 67.5 Å². The molecule has 0 radical (unpaired) electrons. The van der Waals surface area contributed by atoms with Crippen LogP contribution in [0.4, 0.5) is 5.13 Å². The normalized spacial score (nSPS) is 20.1. The fraction of sp³-hybridized carbons (Fsp3) is 0.391. The summed E-state index contributed by atoms with van der Waals surface area (Å²) in [6.45, 7) is 9.24. The fourth-order valence-corrected chi connectivity index (χ4v) is 6.90. The van der Waals surface area contributed by atoms with Crippen LogP contribution in [-0.2, 0) is 10.0 Å². The molecule has 4 rings (SSSR count). The Kier molecular flexibility index (Phi) is 5.89. The van der Waals surface area contributed by atoms with E-state index in [1.165, 1.54) is 23.5 Å². The summed E-state index contributed by atoms with van der Waals surface area (Å²) in [5, 5.41) is 3.38. The van der Waals surface area contributed by atoms with Gasteiger partial charge in [0.25, 0.3) is 5.91 Å². The molecule has 0 bridgehead atoms. The number of anilines is 1. The number of fused-ring (bicyclic) bond motifs is 1. The van der Waals surface area contributed by atoms with Crippen LogP contribution in [0.5, 0.6) is 0 Å². The van der Waals surface area contributed by atoms with Gasteiger partial charge in [0.05, 0.1) is 15.1 Å². The minimum atomic E-state index is -3.56. The SMILES string of the molecule is Cc1ccc(C)c2sc(NC(=O)c3ccc(S(=O)(=O)N4CC(C)CC(C)C4)cc3)nc12. The summed E-state index contributed by atoms with van der Waals surface area (Å²) in [7, 11) is -3.56. The van der Waals surface area contributed by atoms with Crippen LogP contribution in [0.2, 0.25) is 0 Å². The van der Waals surface area contributed by atoms with Gasteiger partial charge in [-0.15, -0.1) is 0 Å². The smallest absolute Gasteiger partial charge is 0.257 e. The first-order chi connectivity index (χ1) is 14.6. The molecule has 2 unspecified atom stereocenters. The lowest BCUT2D eigenvalue weighted by atomic mass is 9.94. The molecule has 1 N–H and O–H groups in total. The number of carbonyl (C=O) groups excluding carboxylic acids is 1. The van der Waals surface area contributed by atoms with Crippen molar-refractivity contribution in [3.05, 3.63) is 53.1 Å². The van der Waals surface area contributed by atoms with Crippen LogP contribution in [0.1, 0.15) is 41.8 Å². The predicted molar refractivity (Wildman–Crippen MR) is 125 cm³/mol. The highest BCUT2D eigenvalue weighted by atomic mass is 32.2. The molecule has 2 aromatic carbocycles. The predicted octanol–water partition coefficient (Wildman–Crippen LogP) is 4.83. The molecule has 0 spiro atoms. The number of carbonyl (C=O) groups is 1. The quantitative estimate of drug-likeness (QED) is 0.608. The molecule has 0 saturated carbocycles. The standard InChI is InChI=1S/C23H27N3O3S2/c1-14-11-15(2)13-26(12-14)31(28,29)19-9-7-18(8-10-19)22(27)25-23-24-20-16(3)5-6-17(4)21(20)30-23/h5-10,14-15H,11-13H2,1-4H3,(H,24,25,27). The molecule has 1 amide bonds. The molecule has 164 valence electrons. The van der Waals surface area contributed by atoms with Gasteiger partial charge in [0.15, 0.2) is 5.13 Å². The van der Waals surface area contributed by atoms with Crippen molar-refractivity contribution < 1.29 is 13.2 Å². The van der Waals surface area contributed by atoms with E-state index in [9.17, 15) is 13.2 Å². The third kappa shape index (κ3) is 4.37. The summed E-state index contributed by atoms with van der Waals surface area (Å²) < 4.78 is 28.7. The summed E-state index contributed by atoms with van der Waals surface area (Å²) in [5.74, 6) is 0.368. The molecule has 1 aromatic heterocycles. The summed E-state index contributed by atoms with van der Waals surface area (Å²) in [6.07, 6.45) is 1.04. The van der Waals surface area contributed by atoms with E-state index in [0.29, 0.717) is 35.6 Å². The highest BCUT2D eigenvalue weighted by Gasteiger charge is 2.31. The Hall–Kier alpha value is -2.29. The highest BCUT2D eigenvalue weighted by molar-refractivity contribution is 7.89. The van der Waals surface area contributed by atoms with Crippen molar-refractivity contribution in [2.45, 2.75) is 39.0 Å². The van der Waals surface area contributed by atoms with Gasteiger partial charge >= 0.3 is 0 Å². The maximum Gasteiger partial charge on any atom is 0.257 e. The number of hydrogen-bond acceptors (Lipinski definition) is 5. The Labute approximate surface area is 187 Å². The number of aryl methyl sites for hydroxylation is 2. The average molecular weight is 458 g/mol. The first-order valence-corrected chi connectivity index (χ1v) is 12.7. The van der Waals surface area contributed by atoms with E-state index < -0.39 is 10.0 Å². The van der Waals surface area contributed by atoms with Crippen LogP contribution < -0.4 is 5.32 Å². The average Bonchev–Trinajstić information content (AvgIpc) is 3.15. The third-order valence-electron chi connectivity index (χ3n) is 5.75. The van der Waals surface area contributed by atoms with Crippen molar-refractivity contribution in [1.29, 1.82) is 0 Å². The molecule has 2 heterocycles. The molecule has 1 fully saturated rings. The zero-order valence-corrected chi connectivity index (χ0v) is 19.8. The summed E-state index contributed by atoms with van der Waals surface area (Å²) in [5.41, 5.74) is 3.47. The van der Waals surface area contributed by atoms with Gasteiger partial charge in [0, 0.05) is 18.7 Å². The van der Waals surface area contributed by atoms with Gasteiger partial charge in [0.2, 0.25) is 10.0 Å². The number of thiazole rings is 1. The first-order valence-electron chi connectivity index (χ1n) is 10.4. The maximum atomic E-state index is 13.0. The molecule has 0 aliphatic carbocycles. The lowest BCUT2D eigenvalue weighted by Crippen LogP contribution is -2.42. The van der Waals surface area contributed by atoms with E-state index in [4.69, 9.17) is 0 Å². The van der Waals surface area contributed by atoms with Crippen molar-refractivity contribution in [1.82, 2.24) is 9.29 Å². The first kappa shape index (κ1) is 21.9. The Morgan fingerprint density at radius 3 is 2.26 bits per heavy atom. The molecular formula is C23H27N3O3S2. The second kappa shape index (κ2) is 8.33. The number of piperidine rings is 1. The monoisotopic (exact) mass is 457 g/mol. The maximum absolute atomic E-state index is 13.0. The van der Waals surface area contributed by atoms with E-state index in [-0.39, 0.29) is 10.8 Å². The van der Waals surface area contributed by atoms with E-state index in [2.05, 4.69) is 24.1 Å². The zero-order valence-electron chi connectivity index (χ0n) is 18.2. The summed E-state index contributed by atoms with van der Waals surface area (Å²) >= 11 is 1.44.